The number of hydrogen-bond acceptors (Lipinski definition) is 4. The molecule has 1 aliphatic rings. The fourth-order valence-corrected chi connectivity index (χ4v) is 8.45. The Kier molecular flexibility index (Phi) is 5.66. The Hall–Kier alpha value is -6.59. The van der Waals surface area contributed by atoms with Gasteiger partial charge in [-0.05, 0) is 63.4 Å². The van der Waals surface area contributed by atoms with Crippen molar-refractivity contribution in [3.05, 3.63) is 157 Å². The van der Waals surface area contributed by atoms with Gasteiger partial charge in [0.2, 0.25) is 5.95 Å². The molecule has 0 atom stereocenters. The number of para-hydroxylation sites is 2. The highest BCUT2D eigenvalue weighted by molar-refractivity contribution is 6.21. The highest BCUT2D eigenvalue weighted by Gasteiger charge is 2.36. The molecule has 0 aliphatic heterocycles. The number of hydrogen-bond donors (Lipinski definition) is 0. The molecular formula is C46H30N4O. The lowest BCUT2D eigenvalue weighted by Gasteiger charge is -2.21. The number of fused-ring (bicyclic) bond motifs is 11. The normalized spacial score (nSPS) is 13.5. The summed E-state index contributed by atoms with van der Waals surface area (Å²) in [4.78, 5) is 15.8. The van der Waals surface area contributed by atoms with Gasteiger partial charge < -0.3 is 4.42 Å². The standard InChI is InChI=1S/C46H30N4O/c1-46(2)36-21-11-8-17-29(36)33-25-39-34(24-37(33)46)30-18-9-12-22-38(30)50(39)45-48-43(27-14-4-3-5-15-27)47-44(49-45)35-26-41-42(31-19-7-6-16-28(31)35)32-20-10-13-23-40(32)51-41/h3-26H,1-2H3. The van der Waals surface area contributed by atoms with Crippen molar-refractivity contribution in [2.75, 3.05) is 0 Å². The molecule has 7 aromatic carbocycles. The molecule has 0 radical (unpaired) electrons. The van der Waals surface area contributed by atoms with Crippen LogP contribution in [0.25, 0.3) is 94.4 Å². The Labute approximate surface area is 293 Å². The van der Waals surface area contributed by atoms with Gasteiger partial charge in [-0.25, -0.2) is 4.98 Å². The van der Waals surface area contributed by atoms with E-state index >= 15 is 0 Å². The van der Waals surface area contributed by atoms with Gasteiger partial charge in [0.15, 0.2) is 11.6 Å². The first-order valence-corrected chi connectivity index (χ1v) is 17.4. The van der Waals surface area contributed by atoms with E-state index in [0.29, 0.717) is 17.6 Å². The quantitative estimate of drug-likeness (QED) is 0.190. The summed E-state index contributed by atoms with van der Waals surface area (Å²) in [5.74, 6) is 1.78. The maximum atomic E-state index is 6.47. The number of benzene rings is 7. The second-order valence-electron chi connectivity index (χ2n) is 14.0. The lowest BCUT2D eigenvalue weighted by Crippen LogP contribution is -2.14. The minimum absolute atomic E-state index is 0.111. The summed E-state index contributed by atoms with van der Waals surface area (Å²) in [6, 6.07) is 51.1. The third-order valence-corrected chi connectivity index (χ3v) is 10.9. The molecule has 3 heterocycles. The number of rotatable bonds is 3. The van der Waals surface area contributed by atoms with Crippen LogP contribution in [0.2, 0.25) is 0 Å². The Bertz CT molecular complexity index is 3060. The molecule has 0 unspecified atom stereocenters. The molecule has 0 bridgehead atoms. The minimum atomic E-state index is -0.111. The molecule has 10 aromatic rings. The first-order chi connectivity index (χ1) is 25.0. The van der Waals surface area contributed by atoms with Gasteiger partial charge in [-0.15, -0.1) is 0 Å². The van der Waals surface area contributed by atoms with Crippen molar-refractivity contribution in [2.24, 2.45) is 0 Å². The van der Waals surface area contributed by atoms with Gasteiger partial charge in [0, 0.05) is 38.1 Å². The molecule has 0 spiro atoms. The van der Waals surface area contributed by atoms with Crippen molar-refractivity contribution in [2.45, 2.75) is 19.3 Å². The monoisotopic (exact) mass is 654 g/mol. The van der Waals surface area contributed by atoms with Crippen LogP contribution in [0.5, 0.6) is 0 Å². The number of aromatic nitrogens is 4. The van der Waals surface area contributed by atoms with Crippen molar-refractivity contribution in [3.8, 4) is 39.9 Å². The summed E-state index contributed by atoms with van der Waals surface area (Å²) in [5, 5.41) is 6.71. The summed E-state index contributed by atoms with van der Waals surface area (Å²) in [6.07, 6.45) is 0. The van der Waals surface area contributed by atoms with Crippen molar-refractivity contribution in [1.29, 1.82) is 0 Å². The van der Waals surface area contributed by atoms with Gasteiger partial charge >= 0.3 is 0 Å². The van der Waals surface area contributed by atoms with E-state index in [1.807, 2.05) is 30.3 Å². The molecule has 5 heteroatoms. The molecule has 11 rings (SSSR count). The predicted molar refractivity (Wildman–Crippen MR) is 207 cm³/mol. The molecule has 240 valence electrons. The van der Waals surface area contributed by atoms with E-state index in [4.69, 9.17) is 19.4 Å². The second kappa shape index (κ2) is 10.2. The lowest BCUT2D eigenvalue weighted by molar-refractivity contribution is 0.661. The number of furan rings is 1. The van der Waals surface area contributed by atoms with E-state index in [9.17, 15) is 0 Å². The summed E-state index contributed by atoms with van der Waals surface area (Å²) in [6.45, 7) is 4.66. The molecule has 0 amide bonds. The first kappa shape index (κ1) is 28.3. The average molecular weight is 655 g/mol. The predicted octanol–water partition coefficient (Wildman–Crippen LogP) is 11.7. The van der Waals surface area contributed by atoms with Gasteiger partial charge in [0.25, 0.3) is 0 Å². The van der Waals surface area contributed by atoms with Crippen LogP contribution in [-0.2, 0) is 5.41 Å². The Balaban J connectivity index is 1.24. The van der Waals surface area contributed by atoms with Gasteiger partial charge in [0.1, 0.15) is 11.2 Å². The van der Waals surface area contributed by atoms with E-state index in [0.717, 1.165) is 54.9 Å². The van der Waals surface area contributed by atoms with Gasteiger partial charge in [-0.1, -0.05) is 129 Å². The van der Waals surface area contributed by atoms with Crippen LogP contribution in [-0.4, -0.2) is 19.5 Å². The molecule has 3 aromatic heterocycles. The number of nitrogens with zero attached hydrogens (tertiary/aromatic N) is 4. The highest BCUT2D eigenvalue weighted by Crippen LogP contribution is 2.51. The van der Waals surface area contributed by atoms with E-state index in [1.165, 1.54) is 33.0 Å². The smallest absolute Gasteiger partial charge is 0.238 e. The lowest BCUT2D eigenvalue weighted by atomic mass is 9.82. The van der Waals surface area contributed by atoms with Crippen LogP contribution in [0.15, 0.2) is 150 Å². The summed E-state index contributed by atoms with van der Waals surface area (Å²) in [5.41, 5.74) is 10.7. The zero-order valence-corrected chi connectivity index (χ0v) is 28.1. The Morgan fingerprint density at radius 2 is 1.16 bits per heavy atom. The van der Waals surface area contributed by atoms with Crippen LogP contribution in [0.1, 0.15) is 25.0 Å². The van der Waals surface area contributed by atoms with Gasteiger partial charge in [-0.3, -0.25) is 4.57 Å². The molecule has 0 fully saturated rings. The maximum absolute atomic E-state index is 6.47. The third-order valence-electron chi connectivity index (χ3n) is 10.9. The Morgan fingerprint density at radius 1 is 0.471 bits per heavy atom. The summed E-state index contributed by atoms with van der Waals surface area (Å²) >= 11 is 0. The van der Waals surface area contributed by atoms with E-state index in [-0.39, 0.29) is 5.41 Å². The molecule has 1 aliphatic carbocycles. The van der Waals surface area contributed by atoms with Crippen molar-refractivity contribution < 1.29 is 4.42 Å². The topological polar surface area (TPSA) is 56.7 Å². The third kappa shape index (κ3) is 3.94. The van der Waals surface area contributed by atoms with Crippen LogP contribution in [0, 0.1) is 0 Å². The molecule has 0 saturated carbocycles. The van der Waals surface area contributed by atoms with Gasteiger partial charge in [-0.2, -0.15) is 9.97 Å². The molecular weight excluding hydrogens is 625 g/mol. The summed E-state index contributed by atoms with van der Waals surface area (Å²) in [7, 11) is 0. The van der Waals surface area contributed by atoms with Crippen LogP contribution in [0.4, 0.5) is 0 Å². The van der Waals surface area contributed by atoms with Crippen molar-refractivity contribution in [3.63, 3.8) is 0 Å². The molecule has 51 heavy (non-hydrogen) atoms. The zero-order chi connectivity index (χ0) is 33.8. The zero-order valence-electron chi connectivity index (χ0n) is 28.1. The minimum Gasteiger partial charge on any atom is -0.456 e. The van der Waals surface area contributed by atoms with Crippen molar-refractivity contribution >= 4 is 54.5 Å². The molecule has 0 saturated heterocycles. The average Bonchev–Trinajstić information content (AvgIpc) is 3.79. The van der Waals surface area contributed by atoms with E-state index < -0.39 is 0 Å². The molecule has 0 N–H and O–H groups in total. The Morgan fingerprint density at radius 3 is 2.02 bits per heavy atom. The second-order valence-corrected chi connectivity index (χ2v) is 14.0. The van der Waals surface area contributed by atoms with Crippen molar-refractivity contribution in [1.82, 2.24) is 19.5 Å². The van der Waals surface area contributed by atoms with Crippen LogP contribution < -0.4 is 0 Å². The van der Waals surface area contributed by atoms with E-state index in [1.54, 1.807) is 0 Å². The van der Waals surface area contributed by atoms with Crippen LogP contribution in [0.3, 0.4) is 0 Å². The van der Waals surface area contributed by atoms with Crippen LogP contribution >= 0.6 is 0 Å². The highest BCUT2D eigenvalue weighted by atomic mass is 16.3. The maximum Gasteiger partial charge on any atom is 0.238 e. The fraction of sp³-hybridized carbons (Fsp3) is 0.0652. The fourth-order valence-electron chi connectivity index (χ4n) is 8.45. The summed E-state index contributed by atoms with van der Waals surface area (Å²) < 4.78 is 8.69. The SMILES string of the molecule is CC1(C)c2ccccc2-c2cc3c(cc21)c1ccccc1n3-c1nc(-c2ccccc2)nc(-c2cc3oc4ccccc4c3c3ccccc23)n1. The molecule has 5 nitrogen and oxygen atoms in total. The van der Waals surface area contributed by atoms with E-state index in [2.05, 4.69) is 134 Å². The first-order valence-electron chi connectivity index (χ1n) is 17.4. The largest absolute Gasteiger partial charge is 0.456 e. The van der Waals surface area contributed by atoms with Gasteiger partial charge in [0.05, 0.1) is 11.0 Å².